The fourth-order valence-corrected chi connectivity index (χ4v) is 9.75. The van der Waals surface area contributed by atoms with Gasteiger partial charge in [-0.05, 0) is 129 Å². The topological polar surface area (TPSA) is 3.24 Å². The molecule has 0 N–H and O–H groups in total. The Morgan fingerprint density at radius 2 is 0.769 bits per heavy atom. The summed E-state index contributed by atoms with van der Waals surface area (Å²) >= 11 is 0. The van der Waals surface area contributed by atoms with Gasteiger partial charge < -0.3 is 4.90 Å². The van der Waals surface area contributed by atoms with Crippen LogP contribution in [0.1, 0.15) is 110 Å². The molecule has 2 saturated carbocycles. The van der Waals surface area contributed by atoms with Gasteiger partial charge in [0.2, 0.25) is 0 Å². The minimum absolute atomic E-state index is 0.188. The summed E-state index contributed by atoms with van der Waals surface area (Å²) in [6.07, 6.45) is 13.1. The maximum atomic E-state index is 2.63. The van der Waals surface area contributed by atoms with Gasteiger partial charge in [-0.3, -0.25) is 0 Å². The Kier molecular flexibility index (Phi) is 9.35. The number of para-hydroxylation sites is 2. The van der Waals surface area contributed by atoms with Gasteiger partial charge in [0.25, 0.3) is 0 Å². The molecule has 0 spiro atoms. The third-order valence-corrected chi connectivity index (χ3v) is 12.1. The van der Waals surface area contributed by atoms with Crippen molar-refractivity contribution in [2.24, 2.45) is 0 Å². The molecule has 7 aromatic rings. The van der Waals surface area contributed by atoms with E-state index < -0.39 is 0 Å². The molecule has 0 heterocycles. The van der Waals surface area contributed by atoms with E-state index in [4.69, 9.17) is 0 Å². The number of fused-ring (bicyclic) bond motifs is 2. The van der Waals surface area contributed by atoms with E-state index in [2.05, 4.69) is 163 Å². The molecule has 52 heavy (non-hydrogen) atoms. The standard InChI is InChI=1S/C51H49N/c1-7-19-37(20-8-1)49(38-21-9-2-10-22-38)41-31-33-45-47(35-41)50(39-23-11-3-12-24-39)46-34-32-44(36-48(46)51(45)40-25-13-4-14-26-40)52(42-27-15-5-16-28-42)43-29-17-6-18-30-43/h1-2,5-10,15-22,27-36,39-40,49H,3-4,11-14,23-26H2. The molecule has 2 aliphatic rings. The Bertz CT molecular complexity index is 2000. The summed E-state index contributed by atoms with van der Waals surface area (Å²) in [5.74, 6) is 1.33. The summed E-state index contributed by atoms with van der Waals surface area (Å²) < 4.78 is 0. The second-order valence-corrected chi connectivity index (χ2v) is 15.3. The lowest BCUT2D eigenvalue weighted by atomic mass is 9.74. The lowest BCUT2D eigenvalue weighted by Crippen LogP contribution is -2.13. The molecular weight excluding hydrogens is 627 g/mol. The molecule has 9 rings (SSSR count). The van der Waals surface area contributed by atoms with Crippen molar-refractivity contribution in [1.29, 1.82) is 0 Å². The average molecular weight is 676 g/mol. The molecule has 1 heteroatoms. The average Bonchev–Trinajstić information content (AvgIpc) is 3.22. The molecule has 0 bridgehead atoms. The number of rotatable bonds is 8. The molecule has 0 radical (unpaired) electrons. The fraction of sp³-hybridized carbons (Fsp3) is 0.255. The lowest BCUT2D eigenvalue weighted by molar-refractivity contribution is 0.445. The predicted octanol–water partition coefficient (Wildman–Crippen LogP) is 14.7. The fourth-order valence-electron chi connectivity index (χ4n) is 9.75. The first-order chi connectivity index (χ1) is 25.8. The quantitative estimate of drug-likeness (QED) is 0.114. The number of hydrogen-bond acceptors (Lipinski definition) is 1. The zero-order chi connectivity index (χ0) is 34.7. The van der Waals surface area contributed by atoms with Gasteiger partial charge in [0.15, 0.2) is 0 Å². The van der Waals surface area contributed by atoms with Gasteiger partial charge in [0.1, 0.15) is 0 Å². The second kappa shape index (κ2) is 14.8. The molecule has 0 aromatic heterocycles. The highest BCUT2D eigenvalue weighted by Gasteiger charge is 2.28. The lowest BCUT2D eigenvalue weighted by Gasteiger charge is -2.32. The van der Waals surface area contributed by atoms with Crippen LogP contribution in [-0.4, -0.2) is 0 Å². The number of hydrogen-bond donors (Lipinski definition) is 0. The van der Waals surface area contributed by atoms with E-state index in [9.17, 15) is 0 Å². The van der Waals surface area contributed by atoms with Crippen LogP contribution >= 0.6 is 0 Å². The van der Waals surface area contributed by atoms with Gasteiger partial charge in [-0.2, -0.15) is 0 Å². The van der Waals surface area contributed by atoms with Crippen molar-refractivity contribution in [1.82, 2.24) is 0 Å². The molecule has 0 unspecified atom stereocenters. The number of anilines is 3. The summed E-state index contributed by atoms with van der Waals surface area (Å²) in [6, 6.07) is 59.2. The summed E-state index contributed by atoms with van der Waals surface area (Å²) in [4.78, 5) is 2.45. The summed E-state index contributed by atoms with van der Waals surface area (Å²) in [6.45, 7) is 0. The second-order valence-electron chi connectivity index (χ2n) is 15.3. The van der Waals surface area contributed by atoms with Crippen molar-refractivity contribution in [3.05, 3.63) is 186 Å². The minimum Gasteiger partial charge on any atom is -0.310 e. The van der Waals surface area contributed by atoms with E-state index in [1.165, 1.54) is 120 Å². The van der Waals surface area contributed by atoms with Crippen LogP contribution in [0.15, 0.2) is 158 Å². The summed E-state index contributed by atoms with van der Waals surface area (Å²) in [5, 5.41) is 5.96. The third-order valence-electron chi connectivity index (χ3n) is 12.1. The Morgan fingerprint density at radius 3 is 1.25 bits per heavy atom. The van der Waals surface area contributed by atoms with E-state index in [1.807, 2.05) is 0 Å². The van der Waals surface area contributed by atoms with Gasteiger partial charge in [-0.15, -0.1) is 0 Å². The Morgan fingerprint density at radius 1 is 0.346 bits per heavy atom. The van der Waals surface area contributed by atoms with Crippen molar-refractivity contribution >= 4 is 38.6 Å². The highest BCUT2D eigenvalue weighted by Crippen LogP contribution is 2.49. The molecule has 2 fully saturated rings. The van der Waals surface area contributed by atoms with Crippen LogP contribution in [0.4, 0.5) is 17.1 Å². The van der Waals surface area contributed by atoms with Crippen LogP contribution in [0.5, 0.6) is 0 Å². The van der Waals surface area contributed by atoms with Crippen molar-refractivity contribution < 1.29 is 0 Å². The van der Waals surface area contributed by atoms with Crippen LogP contribution in [0, 0.1) is 0 Å². The molecule has 1 nitrogen and oxygen atoms in total. The molecular formula is C51H49N. The molecule has 2 aliphatic carbocycles. The maximum Gasteiger partial charge on any atom is 0.0468 e. The predicted molar refractivity (Wildman–Crippen MR) is 222 cm³/mol. The van der Waals surface area contributed by atoms with Gasteiger partial charge in [0, 0.05) is 23.0 Å². The maximum absolute atomic E-state index is 2.63. The number of benzene rings is 7. The monoisotopic (exact) mass is 675 g/mol. The highest BCUT2D eigenvalue weighted by molar-refractivity contribution is 6.08. The first-order valence-electron chi connectivity index (χ1n) is 19.9. The van der Waals surface area contributed by atoms with Crippen LogP contribution in [0.2, 0.25) is 0 Å². The zero-order valence-electron chi connectivity index (χ0n) is 30.3. The highest BCUT2D eigenvalue weighted by atomic mass is 15.1. The molecule has 258 valence electrons. The van der Waals surface area contributed by atoms with Crippen molar-refractivity contribution in [2.75, 3.05) is 4.90 Å². The smallest absolute Gasteiger partial charge is 0.0468 e. The van der Waals surface area contributed by atoms with Crippen LogP contribution in [0.25, 0.3) is 21.5 Å². The Labute approximate surface area is 310 Å². The summed E-state index contributed by atoms with van der Waals surface area (Å²) in [5.41, 5.74) is 10.9. The molecule has 0 atom stereocenters. The molecule has 0 aliphatic heterocycles. The van der Waals surface area contributed by atoms with E-state index in [0.717, 1.165) is 0 Å². The largest absolute Gasteiger partial charge is 0.310 e. The minimum atomic E-state index is 0.188. The van der Waals surface area contributed by atoms with Crippen molar-refractivity contribution in [3.63, 3.8) is 0 Å². The van der Waals surface area contributed by atoms with Gasteiger partial charge >= 0.3 is 0 Å². The van der Waals surface area contributed by atoms with Gasteiger partial charge in [0.05, 0.1) is 0 Å². The molecule has 7 aromatic carbocycles. The van der Waals surface area contributed by atoms with E-state index in [-0.39, 0.29) is 5.92 Å². The Hall–Kier alpha value is -5.14. The van der Waals surface area contributed by atoms with Gasteiger partial charge in [-0.25, -0.2) is 0 Å². The van der Waals surface area contributed by atoms with Crippen LogP contribution in [0.3, 0.4) is 0 Å². The normalized spacial score (nSPS) is 15.7. The molecule has 0 saturated heterocycles. The van der Waals surface area contributed by atoms with E-state index >= 15 is 0 Å². The third kappa shape index (κ3) is 6.32. The van der Waals surface area contributed by atoms with Gasteiger partial charge in [-0.1, -0.05) is 154 Å². The Balaban J connectivity index is 1.32. The molecule has 0 amide bonds. The van der Waals surface area contributed by atoms with Crippen molar-refractivity contribution in [2.45, 2.75) is 82.0 Å². The van der Waals surface area contributed by atoms with E-state index in [0.29, 0.717) is 11.8 Å². The first kappa shape index (κ1) is 32.7. The SMILES string of the molecule is c1ccc(C(c2ccccc2)c2ccc3c(C4CCCCC4)c4cc(N(c5ccccc5)c5ccccc5)ccc4c(C4CCCCC4)c3c2)cc1. The zero-order valence-corrected chi connectivity index (χ0v) is 30.3. The summed E-state index contributed by atoms with van der Waals surface area (Å²) in [7, 11) is 0. The van der Waals surface area contributed by atoms with E-state index in [1.54, 1.807) is 11.1 Å². The van der Waals surface area contributed by atoms with Crippen LogP contribution in [-0.2, 0) is 0 Å². The van der Waals surface area contributed by atoms with Crippen LogP contribution < -0.4 is 4.90 Å². The number of nitrogens with zero attached hydrogens (tertiary/aromatic N) is 1. The van der Waals surface area contributed by atoms with Crippen molar-refractivity contribution in [3.8, 4) is 0 Å². The first-order valence-corrected chi connectivity index (χ1v) is 19.9.